The molecular weight excluding hydrogens is 114 g/mol. The third-order valence-corrected chi connectivity index (χ3v) is 2.07. The lowest BCUT2D eigenvalue weighted by molar-refractivity contribution is -0.738. The first-order chi connectivity index (χ1) is 4.31. The summed E-state index contributed by atoms with van der Waals surface area (Å²) < 4.78 is 7.08. The van der Waals surface area contributed by atoms with Gasteiger partial charge in [-0.05, 0) is 0 Å². The van der Waals surface area contributed by atoms with E-state index in [1.165, 1.54) is 12.8 Å². The quantitative estimate of drug-likeness (QED) is 0.512. The summed E-state index contributed by atoms with van der Waals surface area (Å²) in [5.41, 5.74) is 0.396. The maximum absolute atomic E-state index is 4.94. The van der Waals surface area contributed by atoms with Gasteiger partial charge in [0.2, 0.25) is 6.20 Å². The molecule has 2 heteroatoms. The highest BCUT2D eigenvalue weighted by atomic mass is 16.3. The van der Waals surface area contributed by atoms with Crippen LogP contribution in [0.2, 0.25) is 0 Å². The Morgan fingerprint density at radius 1 is 1.56 bits per heavy atom. The normalized spacial score (nSPS) is 21.9. The molecule has 0 bridgehead atoms. The first kappa shape index (κ1) is 5.03. The number of aromatic nitrogens is 1. The van der Waals surface area contributed by atoms with E-state index >= 15 is 0 Å². The lowest BCUT2D eigenvalue weighted by Crippen LogP contribution is -2.41. The Morgan fingerprint density at radius 2 is 2.33 bits per heavy atom. The summed E-state index contributed by atoms with van der Waals surface area (Å²) in [6.07, 6.45) is 8.04. The summed E-state index contributed by atoms with van der Waals surface area (Å²) >= 11 is 0. The van der Waals surface area contributed by atoms with E-state index in [0.29, 0.717) is 5.54 Å². The van der Waals surface area contributed by atoms with Crippen LogP contribution in [0.1, 0.15) is 19.8 Å². The van der Waals surface area contributed by atoms with Crippen molar-refractivity contribution in [1.82, 2.24) is 0 Å². The predicted molar refractivity (Wildman–Crippen MR) is 31.8 cm³/mol. The maximum Gasteiger partial charge on any atom is 0.334 e. The molecule has 0 atom stereocenters. The van der Waals surface area contributed by atoms with Gasteiger partial charge in [-0.25, -0.2) is 0 Å². The molecule has 0 spiro atoms. The van der Waals surface area contributed by atoms with Crippen molar-refractivity contribution >= 4 is 0 Å². The first-order valence-corrected chi connectivity index (χ1v) is 3.25. The van der Waals surface area contributed by atoms with Crippen LogP contribution < -0.4 is 4.57 Å². The number of hydrogen-bond acceptors (Lipinski definition) is 1. The molecule has 9 heavy (non-hydrogen) atoms. The molecule has 1 heterocycles. The van der Waals surface area contributed by atoms with Gasteiger partial charge in [0, 0.05) is 19.8 Å². The van der Waals surface area contributed by atoms with Crippen LogP contribution in [-0.2, 0) is 5.54 Å². The molecule has 2 rings (SSSR count). The number of nitrogens with zero attached hydrogens (tertiary/aromatic N) is 1. The molecule has 0 amide bonds. The smallest absolute Gasteiger partial charge is 0.334 e. The van der Waals surface area contributed by atoms with Crippen molar-refractivity contribution in [3.63, 3.8) is 0 Å². The van der Waals surface area contributed by atoms with Crippen LogP contribution in [0.4, 0.5) is 0 Å². The summed E-state index contributed by atoms with van der Waals surface area (Å²) in [7, 11) is 0. The van der Waals surface area contributed by atoms with Crippen molar-refractivity contribution in [2.45, 2.75) is 25.3 Å². The summed E-state index contributed by atoms with van der Waals surface area (Å²) in [5, 5.41) is 0. The second-order valence-corrected chi connectivity index (χ2v) is 2.93. The van der Waals surface area contributed by atoms with E-state index in [1.807, 2.05) is 6.20 Å². The molecule has 0 aliphatic heterocycles. The largest absolute Gasteiger partial charge is 0.412 e. The van der Waals surface area contributed by atoms with Crippen LogP contribution in [0.3, 0.4) is 0 Å². The van der Waals surface area contributed by atoms with E-state index in [1.54, 1.807) is 12.7 Å². The fraction of sp³-hybridized carbons (Fsp3) is 0.571. The van der Waals surface area contributed by atoms with Crippen LogP contribution in [0.15, 0.2) is 23.3 Å². The van der Waals surface area contributed by atoms with Crippen LogP contribution >= 0.6 is 0 Å². The van der Waals surface area contributed by atoms with Gasteiger partial charge in [0.05, 0.1) is 0 Å². The van der Waals surface area contributed by atoms with Crippen molar-refractivity contribution in [2.75, 3.05) is 0 Å². The molecule has 0 aromatic carbocycles. The van der Waals surface area contributed by atoms with Crippen LogP contribution in [0.25, 0.3) is 0 Å². The average molecular weight is 124 g/mol. The average Bonchev–Trinajstić information content (AvgIpc) is 2.46. The number of hydrogen-bond donors (Lipinski definition) is 0. The standard InChI is InChI=1S/C7H10NO/c1-7(2-3-7)8-4-5-9-6-8/h4-6H,2-3H2,1H3/q+1. The van der Waals surface area contributed by atoms with Gasteiger partial charge in [0.15, 0.2) is 11.8 Å². The minimum absolute atomic E-state index is 0.396. The fourth-order valence-electron chi connectivity index (χ4n) is 0.983. The van der Waals surface area contributed by atoms with Gasteiger partial charge in [0.1, 0.15) is 0 Å². The van der Waals surface area contributed by atoms with E-state index in [9.17, 15) is 0 Å². The van der Waals surface area contributed by atoms with E-state index in [0.717, 1.165) is 0 Å². The van der Waals surface area contributed by atoms with Gasteiger partial charge in [-0.1, -0.05) is 0 Å². The SMILES string of the molecule is CC1([n+]2ccoc2)CC1. The molecule has 0 radical (unpaired) electrons. The highest BCUT2D eigenvalue weighted by Crippen LogP contribution is 2.37. The zero-order valence-corrected chi connectivity index (χ0v) is 5.50. The molecule has 0 saturated heterocycles. The van der Waals surface area contributed by atoms with E-state index in [-0.39, 0.29) is 0 Å². The molecule has 1 aliphatic carbocycles. The van der Waals surface area contributed by atoms with Gasteiger partial charge < -0.3 is 4.42 Å². The van der Waals surface area contributed by atoms with Gasteiger partial charge in [-0.15, -0.1) is 0 Å². The van der Waals surface area contributed by atoms with E-state index < -0.39 is 0 Å². The fourth-order valence-corrected chi connectivity index (χ4v) is 0.983. The Labute approximate surface area is 54.1 Å². The van der Waals surface area contributed by atoms with Crippen molar-refractivity contribution < 1.29 is 8.98 Å². The summed E-state index contributed by atoms with van der Waals surface area (Å²) in [6.45, 7) is 2.24. The lowest BCUT2D eigenvalue weighted by Gasteiger charge is -1.94. The molecular formula is C7H10NO+. The summed E-state index contributed by atoms with van der Waals surface area (Å²) in [4.78, 5) is 0. The topological polar surface area (TPSA) is 17.0 Å². The molecule has 1 saturated carbocycles. The second-order valence-electron chi connectivity index (χ2n) is 2.93. The Bertz CT molecular complexity index is 199. The molecule has 1 fully saturated rings. The highest BCUT2D eigenvalue weighted by molar-refractivity contribution is 4.82. The van der Waals surface area contributed by atoms with Gasteiger partial charge in [-0.2, -0.15) is 4.57 Å². The van der Waals surface area contributed by atoms with E-state index in [2.05, 4.69) is 11.5 Å². The predicted octanol–water partition coefficient (Wildman–Crippen LogP) is 1.08. The minimum atomic E-state index is 0.396. The first-order valence-electron chi connectivity index (χ1n) is 3.25. The Balaban J connectivity index is 2.34. The molecule has 2 nitrogen and oxygen atoms in total. The Hall–Kier alpha value is -0.790. The van der Waals surface area contributed by atoms with Crippen molar-refractivity contribution in [2.24, 2.45) is 0 Å². The third kappa shape index (κ3) is 0.661. The van der Waals surface area contributed by atoms with Gasteiger partial charge in [-0.3, -0.25) is 0 Å². The van der Waals surface area contributed by atoms with Gasteiger partial charge in [0.25, 0.3) is 0 Å². The monoisotopic (exact) mass is 124 g/mol. The van der Waals surface area contributed by atoms with Crippen LogP contribution in [0.5, 0.6) is 0 Å². The van der Waals surface area contributed by atoms with Crippen molar-refractivity contribution in [3.05, 3.63) is 18.9 Å². The minimum Gasteiger partial charge on any atom is -0.412 e. The molecule has 48 valence electrons. The van der Waals surface area contributed by atoms with Crippen molar-refractivity contribution in [3.8, 4) is 0 Å². The van der Waals surface area contributed by atoms with Crippen LogP contribution in [-0.4, -0.2) is 0 Å². The van der Waals surface area contributed by atoms with Gasteiger partial charge >= 0.3 is 6.39 Å². The molecule has 1 aromatic heterocycles. The number of oxazole rings is 1. The third-order valence-electron chi connectivity index (χ3n) is 2.07. The zero-order chi connectivity index (χ0) is 6.32. The molecule has 1 aromatic rings. The molecule has 1 aliphatic rings. The maximum atomic E-state index is 4.94. The second kappa shape index (κ2) is 1.38. The summed E-state index contributed by atoms with van der Waals surface area (Å²) in [5.74, 6) is 0. The summed E-state index contributed by atoms with van der Waals surface area (Å²) in [6, 6.07) is 0. The molecule has 0 N–H and O–H groups in total. The molecule has 0 unspecified atom stereocenters. The Morgan fingerprint density at radius 3 is 2.78 bits per heavy atom. The van der Waals surface area contributed by atoms with E-state index in [4.69, 9.17) is 4.42 Å². The van der Waals surface area contributed by atoms with Crippen molar-refractivity contribution in [1.29, 1.82) is 0 Å². The number of rotatable bonds is 1. The lowest BCUT2D eigenvalue weighted by atomic mass is 10.3. The Kier molecular flexibility index (Phi) is 0.770. The zero-order valence-electron chi connectivity index (χ0n) is 5.50. The van der Waals surface area contributed by atoms with Crippen LogP contribution in [0, 0.1) is 0 Å². The highest BCUT2D eigenvalue weighted by Gasteiger charge is 2.48.